The second kappa shape index (κ2) is 5.35. The van der Waals surface area contributed by atoms with Crippen LogP contribution >= 0.6 is 0 Å². The summed E-state index contributed by atoms with van der Waals surface area (Å²) in [7, 11) is 0. The van der Waals surface area contributed by atoms with E-state index in [-0.39, 0.29) is 0 Å². The Balaban J connectivity index is 2.44. The number of carbonyl (C=O) groups excluding carboxylic acids is 1. The van der Waals surface area contributed by atoms with E-state index in [2.05, 4.69) is 15.5 Å². The summed E-state index contributed by atoms with van der Waals surface area (Å²) in [6, 6.07) is 0. The second-order valence-corrected chi connectivity index (χ2v) is 3.59. The molecule has 1 heterocycles. The molecule has 15 heavy (non-hydrogen) atoms. The van der Waals surface area contributed by atoms with Crippen LogP contribution in [-0.2, 0) is 11.3 Å². The lowest BCUT2D eigenvalue weighted by atomic mass is 10.2. The summed E-state index contributed by atoms with van der Waals surface area (Å²) in [5, 5.41) is 8.94. The van der Waals surface area contributed by atoms with Crippen LogP contribution in [0, 0.1) is 5.92 Å². The van der Waals surface area contributed by atoms with Crippen LogP contribution in [0.5, 0.6) is 0 Å². The van der Waals surface area contributed by atoms with E-state index in [1.165, 1.54) is 0 Å². The molecule has 0 unspecified atom stereocenters. The van der Waals surface area contributed by atoms with Crippen molar-refractivity contribution in [3.63, 3.8) is 0 Å². The number of hydrogen-bond donors (Lipinski definition) is 3. The molecular formula is C9H16N4O2. The molecule has 0 radical (unpaired) electrons. The fraction of sp³-hybridized carbons (Fsp3) is 0.556. The van der Waals surface area contributed by atoms with E-state index < -0.39 is 6.09 Å². The number of H-pyrrole nitrogens is 1. The summed E-state index contributed by atoms with van der Waals surface area (Å²) in [4.78, 5) is 11.3. The molecule has 0 aromatic carbocycles. The number of nitrogens with one attached hydrogen (secondary N) is 2. The summed E-state index contributed by atoms with van der Waals surface area (Å²) in [6.07, 6.45) is 1.07. The number of ether oxygens (including phenoxy) is 1. The number of nitrogens with two attached hydrogens (primary N) is 1. The Hall–Kier alpha value is -1.56. The van der Waals surface area contributed by atoms with Crippen LogP contribution in [0.4, 0.5) is 10.6 Å². The smallest absolute Gasteiger partial charge is 0.412 e. The molecule has 0 saturated heterocycles. The van der Waals surface area contributed by atoms with Crippen molar-refractivity contribution in [2.75, 3.05) is 11.9 Å². The molecule has 1 aromatic rings. The van der Waals surface area contributed by atoms with E-state index in [0.29, 0.717) is 24.9 Å². The van der Waals surface area contributed by atoms with Crippen LogP contribution in [0.2, 0.25) is 0 Å². The molecule has 0 saturated carbocycles. The molecule has 0 aliphatic rings. The van der Waals surface area contributed by atoms with Gasteiger partial charge in [-0.15, -0.1) is 0 Å². The molecular weight excluding hydrogens is 196 g/mol. The predicted octanol–water partition coefficient (Wildman–Crippen LogP) is 1.07. The van der Waals surface area contributed by atoms with Gasteiger partial charge < -0.3 is 10.5 Å². The van der Waals surface area contributed by atoms with Crippen molar-refractivity contribution in [2.24, 2.45) is 11.7 Å². The molecule has 4 N–H and O–H groups in total. The molecule has 0 aliphatic heterocycles. The van der Waals surface area contributed by atoms with Gasteiger partial charge in [-0.3, -0.25) is 10.4 Å². The highest BCUT2D eigenvalue weighted by molar-refractivity contribution is 5.84. The molecule has 6 nitrogen and oxygen atoms in total. The minimum absolute atomic E-state index is 0.312. The Bertz CT molecular complexity index is 322. The Morgan fingerprint density at radius 1 is 1.73 bits per heavy atom. The minimum Gasteiger partial charge on any atom is -0.449 e. The van der Waals surface area contributed by atoms with Gasteiger partial charge in [0.05, 0.1) is 12.8 Å². The maximum absolute atomic E-state index is 11.3. The summed E-state index contributed by atoms with van der Waals surface area (Å²) in [5.41, 5.74) is 6.19. The van der Waals surface area contributed by atoms with Gasteiger partial charge in [0.2, 0.25) is 0 Å². The number of carbonyl (C=O) groups is 1. The zero-order valence-corrected chi connectivity index (χ0v) is 8.91. The molecule has 1 aromatic heterocycles. The monoisotopic (exact) mass is 212 g/mol. The number of amides is 1. The van der Waals surface area contributed by atoms with Crippen molar-refractivity contribution in [3.8, 4) is 0 Å². The second-order valence-electron chi connectivity index (χ2n) is 3.59. The Morgan fingerprint density at radius 2 is 2.47 bits per heavy atom. The predicted molar refractivity (Wildman–Crippen MR) is 56.3 cm³/mol. The third-order valence-electron chi connectivity index (χ3n) is 1.71. The maximum atomic E-state index is 11.3. The average Bonchev–Trinajstić information content (AvgIpc) is 2.62. The SMILES string of the molecule is CC(C)COC(=O)Nc1[nH]ncc1CN. The highest BCUT2D eigenvalue weighted by Gasteiger charge is 2.08. The van der Waals surface area contributed by atoms with Crippen LogP contribution in [0.3, 0.4) is 0 Å². The van der Waals surface area contributed by atoms with Gasteiger partial charge in [0, 0.05) is 12.1 Å². The zero-order chi connectivity index (χ0) is 11.3. The number of aromatic nitrogens is 2. The van der Waals surface area contributed by atoms with Gasteiger partial charge in [-0.05, 0) is 5.92 Å². The van der Waals surface area contributed by atoms with Crippen molar-refractivity contribution < 1.29 is 9.53 Å². The number of hydrogen-bond acceptors (Lipinski definition) is 4. The minimum atomic E-state index is -0.498. The topological polar surface area (TPSA) is 93.0 Å². The van der Waals surface area contributed by atoms with Gasteiger partial charge in [-0.2, -0.15) is 5.10 Å². The molecule has 0 atom stereocenters. The average molecular weight is 212 g/mol. The van der Waals surface area contributed by atoms with E-state index >= 15 is 0 Å². The first-order valence-corrected chi connectivity index (χ1v) is 4.79. The standard InChI is InChI=1S/C9H16N4O2/c1-6(2)5-15-9(14)12-8-7(3-10)4-11-13-8/h4,6H,3,5,10H2,1-2H3,(H2,11,12,13,14). The molecule has 1 rings (SSSR count). The van der Waals surface area contributed by atoms with Crippen molar-refractivity contribution in [2.45, 2.75) is 20.4 Å². The fourth-order valence-electron chi connectivity index (χ4n) is 0.955. The van der Waals surface area contributed by atoms with E-state index in [1.807, 2.05) is 13.8 Å². The summed E-state index contributed by atoms with van der Waals surface area (Å²) in [5.74, 6) is 0.803. The molecule has 84 valence electrons. The zero-order valence-electron chi connectivity index (χ0n) is 8.91. The molecule has 0 spiro atoms. The number of anilines is 1. The Kier molecular flexibility index (Phi) is 4.11. The van der Waals surface area contributed by atoms with Crippen LogP contribution in [0.15, 0.2) is 6.20 Å². The highest BCUT2D eigenvalue weighted by atomic mass is 16.5. The first-order valence-electron chi connectivity index (χ1n) is 4.79. The van der Waals surface area contributed by atoms with E-state index in [0.717, 1.165) is 5.56 Å². The Labute approximate surface area is 88.2 Å². The lowest BCUT2D eigenvalue weighted by Gasteiger charge is -2.08. The van der Waals surface area contributed by atoms with Crippen molar-refractivity contribution in [1.82, 2.24) is 10.2 Å². The van der Waals surface area contributed by atoms with Gasteiger partial charge >= 0.3 is 6.09 Å². The van der Waals surface area contributed by atoms with Crippen molar-refractivity contribution in [3.05, 3.63) is 11.8 Å². The van der Waals surface area contributed by atoms with Gasteiger partial charge in [0.25, 0.3) is 0 Å². The largest absolute Gasteiger partial charge is 0.449 e. The van der Waals surface area contributed by atoms with Gasteiger partial charge in [-0.1, -0.05) is 13.8 Å². The highest BCUT2D eigenvalue weighted by Crippen LogP contribution is 2.09. The normalized spacial score (nSPS) is 10.4. The molecule has 0 bridgehead atoms. The fourth-order valence-corrected chi connectivity index (χ4v) is 0.955. The first-order chi connectivity index (χ1) is 7.13. The summed E-state index contributed by atoms with van der Waals surface area (Å²) >= 11 is 0. The number of nitrogens with zero attached hydrogens (tertiary/aromatic N) is 1. The molecule has 0 fully saturated rings. The van der Waals surface area contributed by atoms with Gasteiger partial charge in [0.15, 0.2) is 0 Å². The van der Waals surface area contributed by atoms with Gasteiger partial charge in [-0.25, -0.2) is 4.79 Å². The molecule has 6 heteroatoms. The maximum Gasteiger partial charge on any atom is 0.412 e. The number of rotatable bonds is 4. The van der Waals surface area contributed by atoms with Crippen molar-refractivity contribution >= 4 is 11.9 Å². The third-order valence-corrected chi connectivity index (χ3v) is 1.71. The van der Waals surface area contributed by atoms with Crippen LogP contribution < -0.4 is 11.1 Å². The third kappa shape index (κ3) is 3.59. The van der Waals surface area contributed by atoms with Crippen molar-refractivity contribution in [1.29, 1.82) is 0 Å². The molecule has 1 amide bonds. The van der Waals surface area contributed by atoms with E-state index in [4.69, 9.17) is 10.5 Å². The first kappa shape index (κ1) is 11.5. The summed E-state index contributed by atoms with van der Waals surface area (Å²) < 4.78 is 4.94. The van der Waals surface area contributed by atoms with E-state index in [1.54, 1.807) is 6.20 Å². The van der Waals surface area contributed by atoms with Gasteiger partial charge in [0.1, 0.15) is 5.82 Å². The van der Waals surface area contributed by atoms with E-state index in [9.17, 15) is 4.79 Å². The number of aromatic amines is 1. The Morgan fingerprint density at radius 3 is 3.07 bits per heavy atom. The quantitative estimate of drug-likeness (QED) is 0.696. The summed E-state index contributed by atoms with van der Waals surface area (Å²) in [6.45, 7) is 4.64. The van der Waals surface area contributed by atoms with Crippen LogP contribution in [0.25, 0.3) is 0 Å². The lowest BCUT2D eigenvalue weighted by molar-refractivity contribution is 0.147. The molecule has 0 aliphatic carbocycles. The van der Waals surface area contributed by atoms with Crippen LogP contribution in [-0.4, -0.2) is 22.9 Å². The lowest BCUT2D eigenvalue weighted by Crippen LogP contribution is -2.18. The van der Waals surface area contributed by atoms with Crippen LogP contribution in [0.1, 0.15) is 19.4 Å².